The predicted molar refractivity (Wildman–Crippen MR) is 160 cm³/mol. The second-order valence-electron chi connectivity index (χ2n) is 12.8. The average molecular weight is 584 g/mol. The van der Waals surface area contributed by atoms with E-state index >= 15 is 0 Å². The SMILES string of the molecule is CC(=Cc1csc(C)n1)[C@@H]1C[C@H]2O[C@@]2(C)CCC[C@H](C)[C@@H](O)[C@H](Cc2ccccc2)C(=O)C(C)(C)[C@@H](O)CC(=O)O1. The Morgan fingerprint density at radius 1 is 1.17 bits per heavy atom. The van der Waals surface area contributed by atoms with Crippen LogP contribution in [0.4, 0.5) is 0 Å². The first-order valence-electron chi connectivity index (χ1n) is 14.7. The van der Waals surface area contributed by atoms with Gasteiger partial charge in [-0.1, -0.05) is 57.5 Å². The number of Topliss-reactive ketones (excluding diaryl/α,β-unsaturated/α-hetero) is 1. The molecular formula is C33H45NO6S. The lowest BCUT2D eigenvalue weighted by Crippen LogP contribution is -2.47. The summed E-state index contributed by atoms with van der Waals surface area (Å²) < 4.78 is 12.1. The lowest BCUT2D eigenvalue weighted by Gasteiger charge is -2.36. The van der Waals surface area contributed by atoms with E-state index < -0.39 is 35.6 Å². The highest BCUT2D eigenvalue weighted by molar-refractivity contribution is 7.09. The van der Waals surface area contributed by atoms with E-state index in [2.05, 4.69) is 11.9 Å². The fraction of sp³-hybridized carbons (Fsp3) is 0.606. The monoisotopic (exact) mass is 583 g/mol. The molecule has 0 unspecified atom stereocenters. The van der Waals surface area contributed by atoms with Crippen molar-refractivity contribution in [3.05, 3.63) is 57.6 Å². The van der Waals surface area contributed by atoms with E-state index in [4.69, 9.17) is 9.47 Å². The Kier molecular flexibility index (Phi) is 9.89. The number of benzene rings is 1. The summed E-state index contributed by atoms with van der Waals surface area (Å²) in [6, 6.07) is 9.63. The number of aromatic nitrogens is 1. The first-order chi connectivity index (χ1) is 19.3. The number of cyclic esters (lactones) is 1. The standard InChI is InChI=1S/C33H45NO6S/c1-20-11-10-14-33(6)28(40-33)17-26(21(2)15-24-19-41-22(3)34-24)39-29(36)18-27(35)32(4,5)31(38)25(30(20)37)16-23-12-8-7-9-13-23/h7-9,12-13,15,19-20,25-28,30,35,37H,10-11,14,16-18H2,1-6H3/t20-,25-,26-,27-,28+,30+,33-/m0/s1. The number of ether oxygens (including phenoxy) is 2. The van der Waals surface area contributed by atoms with Gasteiger partial charge in [-0.2, -0.15) is 0 Å². The third kappa shape index (κ3) is 7.72. The maximum Gasteiger partial charge on any atom is 0.309 e. The lowest BCUT2D eigenvalue weighted by molar-refractivity contribution is -0.154. The Hall–Kier alpha value is -2.39. The highest BCUT2D eigenvalue weighted by atomic mass is 32.1. The maximum absolute atomic E-state index is 14.0. The fourth-order valence-electron chi connectivity index (χ4n) is 5.94. The first kappa shape index (κ1) is 31.5. The molecule has 1 aromatic heterocycles. The Morgan fingerprint density at radius 2 is 1.88 bits per heavy atom. The first-order valence-corrected chi connectivity index (χ1v) is 15.6. The summed E-state index contributed by atoms with van der Waals surface area (Å²) in [4.78, 5) is 31.7. The van der Waals surface area contributed by atoms with E-state index in [1.165, 1.54) is 0 Å². The molecule has 2 aliphatic rings. The van der Waals surface area contributed by atoms with E-state index in [1.54, 1.807) is 25.2 Å². The molecule has 0 spiro atoms. The molecule has 7 nitrogen and oxygen atoms in total. The van der Waals surface area contributed by atoms with Gasteiger partial charge >= 0.3 is 5.97 Å². The number of aryl methyl sites for hydroxylation is 1. The molecule has 8 heteroatoms. The molecule has 0 saturated carbocycles. The molecule has 2 aromatic rings. The zero-order chi connectivity index (χ0) is 29.9. The summed E-state index contributed by atoms with van der Waals surface area (Å²) in [7, 11) is 0. The Morgan fingerprint density at radius 3 is 2.54 bits per heavy atom. The maximum atomic E-state index is 14.0. The number of rotatable bonds is 4. The van der Waals surface area contributed by atoms with Gasteiger partial charge in [0.2, 0.25) is 0 Å². The number of carbonyl (C=O) groups excluding carboxylic acids is 2. The molecule has 0 radical (unpaired) electrons. The number of hydrogen-bond donors (Lipinski definition) is 2. The van der Waals surface area contributed by atoms with Crippen LogP contribution in [0.15, 0.2) is 41.3 Å². The Balaban J connectivity index is 1.61. The number of aliphatic hydroxyl groups is 2. The fourth-order valence-corrected chi connectivity index (χ4v) is 6.51. The number of aliphatic hydroxyl groups excluding tert-OH is 2. The summed E-state index contributed by atoms with van der Waals surface area (Å²) in [6.45, 7) is 11.2. The van der Waals surface area contributed by atoms with E-state index in [1.807, 2.05) is 62.6 Å². The van der Waals surface area contributed by atoms with Crippen molar-refractivity contribution in [3.8, 4) is 0 Å². The minimum atomic E-state index is -1.27. The number of nitrogens with zero attached hydrogens (tertiary/aromatic N) is 1. The van der Waals surface area contributed by atoms with Crippen molar-refractivity contribution in [1.29, 1.82) is 0 Å². The van der Waals surface area contributed by atoms with Gasteiger partial charge in [0.25, 0.3) is 0 Å². The van der Waals surface area contributed by atoms with Gasteiger partial charge in [0.15, 0.2) is 0 Å². The summed E-state index contributed by atoms with van der Waals surface area (Å²) in [5.74, 6) is -1.68. The van der Waals surface area contributed by atoms with Crippen LogP contribution in [0.2, 0.25) is 0 Å². The molecule has 41 heavy (non-hydrogen) atoms. The molecule has 0 bridgehead atoms. The van der Waals surface area contributed by atoms with Crippen molar-refractivity contribution in [2.45, 2.75) is 110 Å². The quantitative estimate of drug-likeness (QED) is 0.351. The molecule has 2 fully saturated rings. The summed E-state index contributed by atoms with van der Waals surface area (Å²) in [6.07, 6.45) is 2.09. The third-order valence-electron chi connectivity index (χ3n) is 9.05. The molecule has 7 atom stereocenters. The molecule has 0 aliphatic carbocycles. The Bertz CT molecular complexity index is 1240. The number of epoxide rings is 1. The van der Waals surface area contributed by atoms with Crippen LogP contribution in [0.3, 0.4) is 0 Å². The zero-order valence-electron chi connectivity index (χ0n) is 25.1. The van der Waals surface area contributed by atoms with Gasteiger partial charge in [0, 0.05) is 17.7 Å². The van der Waals surface area contributed by atoms with Crippen LogP contribution < -0.4 is 0 Å². The van der Waals surface area contributed by atoms with E-state index in [-0.39, 0.29) is 29.8 Å². The second kappa shape index (κ2) is 12.9. The van der Waals surface area contributed by atoms with Crippen molar-refractivity contribution in [2.24, 2.45) is 17.3 Å². The van der Waals surface area contributed by atoms with Crippen LogP contribution in [-0.2, 0) is 25.5 Å². The second-order valence-corrected chi connectivity index (χ2v) is 13.8. The average Bonchev–Trinajstić information content (AvgIpc) is 3.37. The molecule has 2 N–H and O–H groups in total. The van der Waals surface area contributed by atoms with Crippen LogP contribution in [0.5, 0.6) is 0 Å². The smallest absolute Gasteiger partial charge is 0.309 e. The number of fused-ring (bicyclic) bond motifs is 1. The molecule has 1 aromatic carbocycles. The normalized spacial score (nSPS) is 33.6. The van der Waals surface area contributed by atoms with Gasteiger partial charge in [0.05, 0.1) is 46.5 Å². The topological polar surface area (TPSA) is 109 Å². The van der Waals surface area contributed by atoms with Crippen molar-refractivity contribution < 1.29 is 29.3 Å². The van der Waals surface area contributed by atoms with Gasteiger partial charge in [-0.05, 0) is 63.2 Å². The van der Waals surface area contributed by atoms with Crippen LogP contribution in [0, 0.1) is 24.2 Å². The summed E-state index contributed by atoms with van der Waals surface area (Å²) in [5, 5.41) is 25.6. The molecule has 224 valence electrons. The Labute approximate surface area is 248 Å². The van der Waals surface area contributed by atoms with E-state index in [9.17, 15) is 19.8 Å². The van der Waals surface area contributed by atoms with Crippen LogP contribution in [-0.4, -0.2) is 57.0 Å². The molecule has 3 heterocycles. The third-order valence-corrected chi connectivity index (χ3v) is 9.84. The van der Waals surface area contributed by atoms with Gasteiger partial charge in [-0.3, -0.25) is 9.59 Å². The van der Waals surface area contributed by atoms with Gasteiger partial charge in [0.1, 0.15) is 11.9 Å². The van der Waals surface area contributed by atoms with Gasteiger partial charge < -0.3 is 19.7 Å². The number of esters is 1. The lowest BCUT2D eigenvalue weighted by atomic mass is 9.70. The van der Waals surface area contributed by atoms with E-state index in [0.717, 1.165) is 41.1 Å². The van der Waals surface area contributed by atoms with Crippen LogP contribution in [0.25, 0.3) is 6.08 Å². The zero-order valence-corrected chi connectivity index (χ0v) is 25.9. The van der Waals surface area contributed by atoms with Crippen molar-refractivity contribution in [2.75, 3.05) is 0 Å². The summed E-state index contributed by atoms with van der Waals surface area (Å²) in [5.41, 5.74) is 1.01. The minimum Gasteiger partial charge on any atom is -0.458 e. The molecular weight excluding hydrogens is 538 g/mol. The van der Waals surface area contributed by atoms with Crippen LogP contribution in [0.1, 0.15) is 83.0 Å². The van der Waals surface area contributed by atoms with Gasteiger partial charge in [-0.15, -0.1) is 11.3 Å². The summed E-state index contributed by atoms with van der Waals surface area (Å²) >= 11 is 1.56. The van der Waals surface area contributed by atoms with Crippen LogP contribution >= 0.6 is 11.3 Å². The highest BCUT2D eigenvalue weighted by Crippen LogP contribution is 2.45. The minimum absolute atomic E-state index is 0.0669. The molecule has 2 aliphatic heterocycles. The largest absolute Gasteiger partial charge is 0.458 e. The van der Waals surface area contributed by atoms with Crippen molar-refractivity contribution in [1.82, 2.24) is 4.98 Å². The van der Waals surface area contributed by atoms with Crippen molar-refractivity contribution in [3.63, 3.8) is 0 Å². The highest BCUT2D eigenvalue weighted by Gasteiger charge is 2.53. The molecule has 0 amide bonds. The number of hydrogen-bond acceptors (Lipinski definition) is 8. The number of ketones is 1. The molecule has 2 saturated heterocycles. The number of thiazole rings is 1. The predicted octanol–water partition coefficient (Wildman–Crippen LogP) is 5.70. The molecule has 4 rings (SSSR count). The van der Waals surface area contributed by atoms with Gasteiger partial charge in [-0.25, -0.2) is 4.98 Å². The van der Waals surface area contributed by atoms with Crippen molar-refractivity contribution >= 4 is 29.2 Å². The number of carbonyl (C=O) groups is 2. The van der Waals surface area contributed by atoms with E-state index in [0.29, 0.717) is 12.8 Å².